The largest absolute Gasteiger partial charge is 0.361 e. The predicted molar refractivity (Wildman–Crippen MR) is 66.3 cm³/mol. The van der Waals surface area contributed by atoms with Crippen LogP contribution in [-0.2, 0) is 0 Å². The van der Waals surface area contributed by atoms with E-state index in [4.69, 9.17) is 0 Å². The van der Waals surface area contributed by atoms with Crippen molar-refractivity contribution in [2.75, 3.05) is 0 Å². The zero-order chi connectivity index (χ0) is 10.3. The van der Waals surface area contributed by atoms with Gasteiger partial charge in [0.15, 0.2) is 0 Å². The second-order valence-corrected chi connectivity index (χ2v) is 4.98. The highest BCUT2D eigenvalue weighted by molar-refractivity contribution is 7.15. The highest BCUT2D eigenvalue weighted by atomic mass is 32.1. The molecule has 2 heteroatoms. The van der Waals surface area contributed by atoms with Gasteiger partial charge in [-0.25, -0.2) is 0 Å². The molecule has 74 valence electrons. The van der Waals surface area contributed by atoms with E-state index in [0.717, 1.165) is 0 Å². The first-order valence-electron chi connectivity index (χ1n) is 4.97. The number of nitrogens with one attached hydrogen (secondary N) is 1. The maximum atomic E-state index is 3.21. The molecule has 0 saturated heterocycles. The Labute approximate surface area is 92.4 Å². The van der Waals surface area contributed by atoms with Gasteiger partial charge in [0.05, 0.1) is 0 Å². The van der Waals surface area contributed by atoms with Crippen LogP contribution in [0, 0.1) is 6.92 Å². The standard InChI is InChI=1S/C13H11NS/c1-9-2-5-13(15-9)11-3-4-12-10(8-11)6-7-14-12/h2-8,14H,1H3. The predicted octanol–water partition coefficient (Wildman–Crippen LogP) is 4.20. The number of thiophene rings is 1. The van der Waals surface area contributed by atoms with Crippen LogP contribution < -0.4 is 0 Å². The van der Waals surface area contributed by atoms with Gasteiger partial charge in [-0.15, -0.1) is 11.3 Å². The highest BCUT2D eigenvalue weighted by Crippen LogP contribution is 2.29. The summed E-state index contributed by atoms with van der Waals surface area (Å²) < 4.78 is 0. The minimum Gasteiger partial charge on any atom is -0.361 e. The number of aromatic nitrogens is 1. The zero-order valence-electron chi connectivity index (χ0n) is 8.45. The Morgan fingerprint density at radius 1 is 1.07 bits per heavy atom. The first kappa shape index (κ1) is 8.74. The lowest BCUT2D eigenvalue weighted by molar-refractivity contribution is 1.48. The second-order valence-electron chi connectivity index (χ2n) is 3.69. The lowest BCUT2D eigenvalue weighted by Crippen LogP contribution is -1.72. The summed E-state index contributed by atoms with van der Waals surface area (Å²) in [7, 11) is 0. The quantitative estimate of drug-likeness (QED) is 0.623. The third kappa shape index (κ3) is 1.47. The van der Waals surface area contributed by atoms with E-state index in [0.29, 0.717) is 0 Å². The molecular formula is C13H11NS. The van der Waals surface area contributed by atoms with E-state index in [-0.39, 0.29) is 0 Å². The zero-order valence-corrected chi connectivity index (χ0v) is 9.27. The Hall–Kier alpha value is -1.54. The molecule has 0 aliphatic heterocycles. The molecule has 0 spiro atoms. The first-order chi connectivity index (χ1) is 7.33. The molecule has 0 fully saturated rings. The van der Waals surface area contributed by atoms with E-state index in [1.54, 1.807) is 0 Å². The van der Waals surface area contributed by atoms with Crippen LogP contribution >= 0.6 is 11.3 Å². The van der Waals surface area contributed by atoms with Gasteiger partial charge in [-0.1, -0.05) is 6.07 Å². The molecule has 3 rings (SSSR count). The first-order valence-corrected chi connectivity index (χ1v) is 5.78. The third-order valence-electron chi connectivity index (χ3n) is 2.58. The molecule has 0 bridgehead atoms. The Kier molecular flexibility index (Phi) is 1.89. The molecule has 3 aromatic rings. The van der Waals surface area contributed by atoms with Crippen LogP contribution in [0.1, 0.15) is 4.88 Å². The normalized spacial score (nSPS) is 11.0. The van der Waals surface area contributed by atoms with Crippen LogP contribution in [0.3, 0.4) is 0 Å². The molecule has 0 unspecified atom stereocenters. The van der Waals surface area contributed by atoms with Crippen molar-refractivity contribution in [2.24, 2.45) is 0 Å². The van der Waals surface area contributed by atoms with Crippen molar-refractivity contribution < 1.29 is 0 Å². The van der Waals surface area contributed by atoms with Crippen LogP contribution in [0.15, 0.2) is 42.6 Å². The molecule has 0 aliphatic carbocycles. The van der Waals surface area contributed by atoms with Gasteiger partial charge < -0.3 is 4.98 Å². The average Bonchev–Trinajstić information content (AvgIpc) is 2.84. The van der Waals surface area contributed by atoms with E-state index in [9.17, 15) is 0 Å². The van der Waals surface area contributed by atoms with Gasteiger partial charge in [-0.3, -0.25) is 0 Å². The summed E-state index contributed by atoms with van der Waals surface area (Å²) in [5.41, 5.74) is 2.51. The van der Waals surface area contributed by atoms with Crippen molar-refractivity contribution in [3.8, 4) is 10.4 Å². The van der Waals surface area contributed by atoms with Crippen LogP contribution in [0.2, 0.25) is 0 Å². The van der Waals surface area contributed by atoms with E-state index < -0.39 is 0 Å². The van der Waals surface area contributed by atoms with Gasteiger partial charge in [0.25, 0.3) is 0 Å². The Morgan fingerprint density at radius 2 is 2.00 bits per heavy atom. The topological polar surface area (TPSA) is 15.8 Å². The summed E-state index contributed by atoms with van der Waals surface area (Å²) in [6.07, 6.45) is 1.98. The fraction of sp³-hybridized carbons (Fsp3) is 0.0769. The molecule has 2 aromatic heterocycles. The van der Waals surface area contributed by atoms with Crippen molar-refractivity contribution in [2.45, 2.75) is 6.92 Å². The van der Waals surface area contributed by atoms with Crippen LogP contribution in [-0.4, -0.2) is 4.98 Å². The van der Waals surface area contributed by atoms with Crippen LogP contribution in [0.5, 0.6) is 0 Å². The second kappa shape index (κ2) is 3.24. The smallest absolute Gasteiger partial charge is 0.0454 e. The van der Waals surface area contributed by atoms with Crippen molar-refractivity contribution in [1.29, 1.82) is 0 Å². The SMILES string of the molecule is Cc1ccc(-c2ccc3[nH]ccc3c2)s1. The molecule has 1 N–H and O–H groups in total. The van der Waals surface area contributed by atoms with Crippen molar-refractivity contribution in [3.05, 3.63) is 47.5 Å². The molecule has 0 radical (unpaired) electrons. The fourth-order valence-corrected chi connectivity index (χ4v) is 2.66. The molecule has 0 atom stereocenters. The molecule has 15 heavy (non-hydrogen) atoms. The summed E-state index contributed by atoms with van der Waals surface area (Å²) in [4.78, 5) is 5.91. The van der Waals surface area contributed by atoms with Crippen LogP contribution in [0.4, 0.5) is 0 Å². The van der Waals surface area contributed by atoms with Gasteiger partial charge in [0.2, 0.25) is 0 Å². The summed E-state index contributed by atoms with van der Waals surface area (Å²) in [6, 6.07) is 13.0. The summed E-state index contributed by atoms with van der Waals surface area (Å²) in [5, 5.41) is 1.28. The number of benzene rings is 1. The number of rotatable bonds is 1. The van der Waals surface area contributed by atoms with Crippen molar-refractivity contribution >= 4 is 22.2 Å². The lowest BCUT2D eigenvalue weighted by atomic mass is 10.1. The maximum Gasteiger partial charge on any atom is 0.0454 e. The number of H-pyrrole nitrogens is 1. The molecule has 0 saturated carbocycles. The van der Waals surface area contributed by atoms with Gasteiger partial charge in [0, 0.05) is 21.5 Å². The van der Waals surface area contributed by atoms with E-state index in [1.807, 2.05) is 17.5 Å². The molecule has 0 amide bonds. The van der Waals surface area contributed by atoms with Gasteiger partial charge in [-0.05, 0) is 48.2 Å². The summed E-state index contributed by atoms with van der Waals surface area (Å²) in [5.74, 6) is 0. The van der Waals surface area contributed by atoms with E-state index >= 15 is 0 Å². The van der Waals surface area contributed by atoms with Gasteiger partial charge >= 0.3 is 0 Å². The number of hydrogen-bond donors (Lipinski definition) is 1. The lowest BCUT2D eigenvalue weighted by Gasteiger charge is -1.97. The monoisotopic (exact) mass is 213 g/mol. The maximum absolute atomic E-state index is 3.21. The molecule has 1 aromatic carbocycles. The third-order valence-corrected chi connectivity index (χ3v) is 3.63. The van der Waals surface area contributed by atoms with E-state index in [2.05, 4.69) is 48.3 Å². The number of fused-ring (bicyclic) bond motifs is 1. The molecule has 1 nitrogen and oxygen atoms in total. The average molecular weight is 213 g/mol. The van der Waals surface area contributed by atoms with Crippen LogP contribution in [0.25, 0.3) is 21.3 Å². The number of aryl methyl sites for hydroxylation is 1. The minimum absolute atomic E-state index is 1.20. The summed E-state index contributed by atoms with van der Waals surface area (Å²) in [6.45, 7) is 2.14. The minimum atomic E-state index is 1.20. The van der Waals surface area contributed by atoms with Crippen molar-refractivity contribution in [1.82, 2.24) is 4.98 Å². The molecule has 2 heterocycles. The number of aromatic amines is 1. The number of hydrogen-bond acceptors (Lipinski definition) is 1. The van der Waals surface area contributed by atoms with Gasteiger partial charge in [-0.2, -0.15) is 0 Å². The molecular weight excluding hydrogens is 202 g/mol. The Morgan fingerprint density at radius 3 is 2.80 bits per heavy atom. The highest BCUT2D eigenvalue weighted by Gasteiger charge is 2.02. The fourth-order valence-electron chi connectivity index (χ4n) is 1.80. The Bertz CT molecular complexity index is 604. The summed E-state index contributed by atoms with van der Waals surface area (Å²) >= 11 is 1.84. The van der Waals surface area contributed by atoms with Gasteiger partial charge in [0.1, 0.15) is 0 Å². The van der Waals surface area contributed by atoms with Crippen molar-refractivity contribution in [3.63, 3.8) is 0 Å². The van der Waals surface area contributed by atoms with E-state index in [1.165, 1.54) is 26.2 Å². The Balaban J connectivity index is 2.18. The molecule has 0 aliphatic rings.